The van der Waals surface area contributed by atoms with Gasteiger partial charge in [0.25, 0.3) is 0 Å². The van der Waals surface area contributed by atoms with Crippen molar-refractivity contribution in [3.05, 3.63) is 34.7 Å². The molecule has 0 bridgehead atoms. The van der Waals surface area contributed by atoms with E-state index in [2.05, 4.69) is 4.99 Å². The maximum Gasteiger partial charge on any atom is 0.516 e. The molecule has 3 aliphatic rings. The van der Waals surface area contributed by atoms with Crippen molar-refractivity contribution in [2.75, 3.05) is 26.9 Å². The lowest BCUT2D eigenvalue weighted by Crippen LogP contribution is -2.45. The molecule has 0 aromatic carbocycles. The zero-order chi connectivity index (χ0) is 20.0. The van der Waals surface area contributed by atoms with E-state index in [0.29, 0.717) is 30.3 Å². The fourth-order valence-corrected chi connectivity index (χ4v) is 3.78. The number of alkyl halides is 3. The summed E-state index contributed by atoms with van der Waals surface area (Å²) in [4.78, 5) is 13.3. The number of fused-ring (bicyclic) bond motifs is 2. The highest BCUT2D eigenvalue weighted by atomic mass is 32.2. The van der Waals surface area contributed by atoms with Crippen molar-refractivity contribution in [2.24, 2.45) is 4.99 Å². The number of hydrogen-bond donors (Lipinski definition) is 1. The van der Waals surface area contributed by atoms with E-state index < -0.39 is 15.5 Å². The third-order valence-electron chi connectivity index (χ3n) is 4.32. The zero-order valence-corrected chi connectivity index (χ0v) is 15.9. The summed E-state index contributed by atoms with van der Waals surface area (Å²) in [6.45, 7) is 4.81. The maximum atomic E-state index is 12.9. The SMILES string of the molecule is CCCN1CC(C)=C(NS(=O)(=O)C(F)(F)F)C2=C1N1CN(OC)C=C1C=N2. The lowest BCUT2D eigenvalue weighted by molar-refractivity contribution is -0.0971. The Balaban J connectivity index is 2.06. The van der Waals surface area contributed by atoms with Crippen molar-refractivity contribution in [3.63, 3.8) is 0 Å². The van der Waals surface area contributed by atoms with Crippen LogP contribution in [0.4, 0.5) is 13.2 Å². The van der Waals surface area contributed by atoms with Crippen LogP contribution in [0.3, 0.4) is 0 Å². The Labute approximate surface area is 155 Å². The average Bonchev–Trinajstić information content (AvgIpc) is 3.00. The molecule has 0 saturated carbocycles. The van der Waals surface area contributed by atoms with E-state index in [-0.39, 0.29) is 17.9 Å². The summed E-state index contributed by atoms with van der Waals surface area (Å²) in [5.41, 5.74) is -4.22. The van der Waals surface area contributed by atoms with Crippen molar-refractivity contribution >= 4 is 16.2 Å². The second kappa shape index (κ2) is 6.75. The lowest BCUT2D eigenvalue weighted by Gasteiger charge is -2.40. The van der Waals surface area contributed by atoms with Crippen molar-refractivity contribution < 1.29 is 26.4 Å². The number of aliphatic imine (C=N–C) groups is 1. The van der Waals surface area contributed by atoms with E-state index >= 15 is 0 Å². The number of hydroxylamine groups is 2. The molecule has 3 rings (SSSR count). The molecule has 150 valence electrons. The number of nitrogens with one attached hydrogen (secondary N) is 1. The van der Waals surface area contributed by atoms with Crippen LogP contribution in [-0.4, -0.2) is 61.9 Å². The molecule has 0 aromatic rings. The second-order valence-electron chi connectivity index (χ2n) is 6.28. The third kappa shape index (κ3) is 3.38. The largest absolute Gasteiger partial charge is 0.516 e. The number of allylic oxidation sites excluding steroid dienone is 1. The number of hydrogen-bond acceptors (Lipinski definition) is 7. The summed E-state index contributed by atoms with van der Waals surface area (Å²) in [5.74, 6) is 0.552. The highest BCUT2D eigenvalue weighted by Crippen LogP contribution is 2.37. The number of halogens is 3. The van der Waals surface area contributed by atoms with Crippen LogP contribution < -0.4 is 4.72 Å². The molecule has 0 aliphatic carbocycles. The molecule has 0 radical (unpaired) electrons. The van der Waals surface area contributed by atoms with Crippen LogP contribution in [0, 0.1) is 0 Å². The van der Waals surface area contributed by atoms with Gasteiger partial charge in [0.15, 0.2) is 0 Å². The fraction of sp³-hybridized carbons (Fsp3) is 0.533. The first-order chi connectivity index (χ1) is 12.6. The molecule has 27 heavy (non-hydrogen) atoms. The van der Waals surface area contributed by atoms with Gasteiger partial charge in [-0.3, -0.25) is 9.56 Å². The Kier molecular flexibility index (Phi) is 4.89. The molecule has 0 unspecified atom stereocenters. The van der Waals surface area contributed by atoms with Gasteiger partial charge in [0.2, 0.25) is 0 Å². The van der Waals surface area contributed by atoms with Crippen LogP contribution in [-0.2, 0) is 14.9 Å². The molecular weight excluding hydrogens is 387 g/mol. The third-order valence-corrected chi connectivity index (χ3v) is 5.40. The maximum absolute atomic E-state index is 12.9. The van der Waals surface area contributed by atoms with Gasteiger partial charge in [0.05, 0.1) is 30.9 Å². The van der Waals surface area contributed by atoms with Crippen molar-refractivity contribution in [2.45, 2.75) is 25.8 Å². The standard InChI is InChI=1S/C15H20F3N5O3S/c1-4-5-21-7-10(2)12(20-27(24,25)15(16,17)18)13-14(21)23-9-22(26-3)8-11(23)6-19-13/h6,8,20H,4-5,7,9H2,1-3H3. The van der Waals surface area contributed by atoms with E-state index in [1.54, 1.807) is 22.9 Å². The zero-order valence-electron chi connectivity index (χ0n) is 15.0. The highest BCUT2D eigenvalue weighted by Gasteiger charge is 2.48. The lowest BCUT2D eigenvalue weighted by atomic mass is 10.1. The molecule has 8 nitrogen and oxygen atoms in total. The normalized spacial score (nSPS) is 20.2. The van der Waals surface area contributed by atoms with E-state index in [0.717, 1.165) is 6.42 Å². The molecule has 3 aliphatic heterocycles. The Morgan fingerprint density at radius 2 is 2.07 bits per heavy atom. The second-order valence-corrected chi connectivity index (χ2v) is 7.96. The van der Waals surface area contributed by atoms with Crippen LogP contribution in [0.1, 0.15) is 20.3 Å². The fourth-order valence-electron chi connectivity index (χ4n) is 3.12. The number of sulfonamides is 1. The minimum absolute atomic E-state index is 0.138. The summed E-state index contributed by atoms with van der Waals surface area (Å²) in [6, 6.07) is 0. The van der Waals surface area contributed by atoms with Crippen molar-refractivity contribution in [1.29, 1.82) is 0 Å². The van der Waals surface area contributed by atoms with E-state index in [9.17, 15) is 21.6 Å². The first-order valence-corrected chi connectivity index (χ1v) is 9.70. The molecule has 0 spiro atoms. The topological polar surface area (TPSA) is 77.5 Å². The summed E-state index contributed by atoms with van der Waals surface area (Å²) < 4.78 is 63.6. The summed E-state index contributed by atoms with van der Waals surface area (Å²) in [6.07, 6.45) is 3.99. The van der Waals surface area contributed by atoms with Crippen LogP contribution in [0.25, 0.3) is 0 Å². The number of nitrogens with zero attached hydrogens (tertiary/aromatic N) is 4. The van der Waals surface area contributed by atoms with Crippen molar-refractivity contribution in [1.82, 2.24) is 19.6 Å². The van der Waals surface area contributed by atoms with Gasteiger partial charge in [-0.15, -0.1) is 0 Å². The molecule has 12 heteroatoms. The minimum Gasteiger partial charge on any atom is -0.352 e. The van der Waals surface area contributed by atoms with Gasteiger partial charge in [-0.2, -0.15) is 21.6 Å². The molecule has 0 fully saturated rings. The van der Waals surface area contributed by atoms with E-state index in [1.165, 1.54) is 13.3 Å². The summed E-state index contributed by atoms with van der Waals surface area (Å²) in [5, 5.41) is 1.55. The number of rotatable bonds is 5. The molecular formula is C15H20F3N5O3S. The predicted octanol–water partition coefficient (Wildman–Crippen LogP) is 1.66. The summed E-state index contributed by atoms with van der Waals surface area (Å²) in [7, 11) is -4.05. The van der Waals surface area contributed by atoms with Gasteiger partial charge < -0.3 is 9.80 Å². The average molecular weight is 407 g/mol. The van der Waals surface area contributed by atoms with Gasteiger partial charge in [0.1, 0.15) is 18.2 Å². The minimum atomic E-state index is -5.55. The van der Waals surface area contributed by atoms with Gasteiger partial charge in [0, 0.05) is 13.1 Å². The molecule has 0 atom stereocenters. The molecule has 0 amide bonds. The Hall–Kier alpha value is -2.21. The van der Waals surface area contributed by atoms with Crippen LogP contribution in [0.2, 0.25) is 0 Å². The van der Waals surface area contributed by atoms with Crippen LogP contribution in [0.15, 0.2) is 39.7 Å². The van der Waals surface area contributed by atoms with Gasteiger partial charge in [-0.1, -0.05) is 6.92 Å². The monoisotopic (exact) mass is 407 g/mol. The van der Waals surface area contributed by atoms with E-state index in [4.69, 9.17) is 4.84 Å². The Morgan fingerprint density at radius 3 is 2.67 bits per heavy atom. The van der Waals surface area contributed by atoms with E-state index in [1.807, 2.05) is 16.7 Å². The van der Waals surface area contributed by atoms with Crippen molar-refractivity contribution in [3.8, 4) is 0 Å². The quantitative estimate of drug-likeness (QED) is 0.747. The first-order valence-electron chi connectivity index (χ1n) is 8.21. The van der Waals surface area contributed by atoms with Crippen LogP contribution in [0.5, 0.6) is 0 Å². The van der Waals surface area contributed by atoms with Gasteiger partial charge >= 0.3 is 15.5 Å². The Morgan fingerprint density at radius 1 is 1.37 bits per heavy atom. The highest BCUT2D eigenvalue weighted by molar-refractivity contribution is 7.90. The first kappa shape index (κ1) is 19.5. The molecule has 0 saturated heterocycles. The molecule has 3 heterocycles. The summed E-state index contributed by atoms with van der Waals surface area (Å²) >= 11 is 0. The van der Waals surface area contributed by atoms with Crippen LogP contribution >= 0.6 is 0 Å². The molecule has 1 N–H and O–H groups in total. The van der Waals surface area contributed by atoms with Gasteiger partial charge in [-0.05, 0) is 18.9 Å². The van der Waals surface area contributed by atoms with Gasteiger partial charge in [-0.25, -0.2) is 10.1 Å². The smallest absolute Gasteiger partial charge is 0.352 e. The predicted molar refractivity (Wildman–Crippen MR) is 91.8 cm³/mol. The molecule has 0 aromatic heterocycles. The Bertz CT molecular complexity index is 860.